The molecule has 9 nitrogen and oxygen atoms in total. The minimum Gasteiger partial charge on any atom is -0.490 e. The lowest BCUT2D eigenvalue weighted by molar-refractivity contribution is -0.0456. The number of hydrogen-bond acceptors (Lipinski definition) is 8. The summed E-state index contributed by atoms with van der Waals surface area (Å²) in [4.78, 5) is 8.12. The lowest BCUT2D eigenvalue weighted by atomic mass is 10.0. The van der Waals surface area contributed by atoms with Crippen LogP contribution in [0.5, 0.6) is 17.2 Å². The molecule has 0 radical (unpaired) electrons. The number of amidine groups is 1. The van der Waals surface area contributed by atoms with E-state index in [1.165, 1.54) is 12.3 Å². The van der Waals surface area contributed by atoms with Crippen LogP contribution in [0.4, 0.5) is 23.2 Å². The third kappa shape index (κ3) is 8.22. The number of nitriles is 1. The summed E-state index contributed by atoms with van der Waals surface area (Å²) in [6, 6.07) is 11.4. The number of ether oxygens (including phenoxy) is 4. The van der Waals surface area contributed by atoms with E-state index in [0.717, 1.165) is 18.2 Å². The molecule has 1 aliphatic heterocycles. The van der Waals surface area contributed by atoms with E-state index in [1.54, 1.807) is 29.0 Å². The van der Waals surface area contributed by atoms with Crippen LogP contribution in [0.3, 0.4) is 0 Å². The molecule has 5 rings (SSSR count). The predicted molar refractivity (Wildman–Crippen MR) is 173 cm³/mol. The number of alkyl halides is 2. The first-order valence-corrected chi connectivity index (χ1v) is 18.7. The van der Waals surface area contributed by atoms with Gasteiger partial charge in [-0.05, 0) is 43.7 Å². The standard InChI is InChI=1S/C33H35F4N5O4Si/c1-20(2)45-27-7-6-21(12-22(27)15-38)24-16-42(19-43-10-11-47(3,4)5)31-29(24)28(8-9-39-31)46-30-25(34)13-23(14-26(30)35)41-32-40-17-33(36,37)18-44-32/h6-9,12-14,16,20H,10-11,17-19H2,1-5H3,(H,40,41). The number of nitrogens with zero attached hydrogens (tertiary/aromatic N) is 4. The zero-order chi connectivity index (χ0) is 33.9. The van der Waals surface area contributed by atoms with Gasteiger partial charge in [-0.3, -0.25) is 0 Å². The van der Waals surface area contributed by atoms with Crippen molar-refractivity contribution >= 4 is 30.8 Å². The van der Waals surface area contributed by atoms with Crippen molar-refractivity contribution in [1.29, 1.82) is 5.26 Å². The molecule has 0 spiro atoms. The summed E-state index contributed by atoms with van der Waals surface area (Å²) in [5.41, 5.74) is 1.86. The normalized spacial score (nSPS) is 14.4. The fraction of sp³-hybridized carbons (Fsp3) is 0.364. The highest BCUT2D eigenvalue weighted by atomic mass is 28.3. The van der Waals surface area contributed by atoms with E-state index < -0.39 is 44.5 Å². The fourth-order valence-corrected chi connectivity index (χ4v) is 5.52. The molecule has 0 aliphatic carbocycles. The quantitative estimate of drug-likeness (QED) is 0.0976. The van der Waals surface area contributed by atoms with Crippen LogP contribution in [0.1, 0.15) is 19.4 Å². The summed E-state index contributed by atoms with van der Waals surface area (Å²) in [6.45, 7) is 9.49. The van der Waals surface area contributed by atoms with Crippen molar-refractivity contribution in [2.45, 2.75) is 58.3 Å². The molecule has 1 aliphatic rings. The first kappa shape index (κ1) is 33.7. The van der Waals surface area contributed by atoms with Gasteiger partial charge in [0.05, 0.1) is 17.1 Å². The number of fused-ring (bicyclic) bond motifs is 1. The Morgan fingerprint density at radius 2 is 1.85 bits per heavy atom. The molecule has 2 aromatic carbocycles. The number of benzene rings is 2. The van der Waals surface area contributed by atoms with Gasteiger partial charge in [-0.1, -0.05) is 25.7 Å². The molecular weight excluding hydrogens is 634 g/mol. The van der Waals surface area contributed by atoms with Crippen LogP contribution < -0.4 is 14.8 Å². The van der Waals surface area contributed by atoms with Crippen LogP contribution in [0.25, 0.3) is 22.2 Å². The van der Waals surface area contributed by atoms with Gasteiger partial charge in [0, 0.05) is 50.5 Å². The van der Waals surface area contributed by atoms with Crippen molar-refractivity contribution in [2.24, 2.45) is 4.99 Å². The average Bonchev–Trinajstić information content (AvgIpc) is 3.37. The molecule has 0 saturated carbocycles. The Hall–Kier alpha value is -4.61. The Bertz CT molecular complexity index is 1830. The summed E-state index contributed by atoms with van der Waals surface area (Å²) in [5, 5.41) is 12.8. The molecule has 0 unspecified atom stereocenters. The first-order chi connectivity index (χ1) is 22.2. The Morgan fingerprint density at radius 3 is 2.49 bits per heavy atom. The van der Waals surface area contributed by atoms with Crippen molar-refractivity contribution in [3.8, 4) is 34.4 Å². The Balaban J connectivity index is 1.52. The summed E-state index contributed by atoms with van der Waals surface area (Å²) < 4.78 is 81.7. The molecule has 0 bridgehead atoms. The molecule has 0 saturated heterocycles. The summed E-state index contributed by atoms with van der Waals surface area (Å²) >= 11 is 0. The van der Waals surface area contributed by atoms with Gasteiger partial charge in [0.15, 0.2) is 24.0 Å². The maximum Gasteiger partial charge on any atom is 0.300 e. The van der Waals surface area contributed by atoms with Crippen molar-refractivity contribution in [2.75, 3.05) is 25.1 Å². The smallest absolute Gasteiger partial charge is 0.300 e. The minimum atomic E-state index is -3.12. The molecule has 14 heteroatoms. The number of hydrogen-bond donors (Lipinski definition) is 1. The highest BCUT2D eigenvalue weighted by molar-refractivity contribution is 6.76. The van der Waals surface area contributed by atoms with Crippen LogP contribution in [0.2, 0.25) is 25.7 Å². The lowest BCUT2D eigenvalue weighted by Gasteiger charge is -2.22. The molecule has 0 atom stereocenters. The maximum atomic E-state index is 15.4. The number of rotatable bonds is 11. The molecular formula is C33H35F4N5O4Si. The molecule has 4 aromatic rings. The number of aromatic nitrogens is 2. The molecule has 2 aromatic heterocycles. The molecule has 0 amide bonds. The molecule has 0 fully saturated rings. The number of pyridine rings is 1. The first-order valence-electron chi connectivity index (χ1n) is 15.0. The van der Waals surface area contributed by atoms with Gasteiger partial charge in [0.25, 0.3) is 6.02 Å². The average molecular weight is 670 g/mol. The topological polar surface area (TPSA) is 103 Å². The van der Waals surface area contributed by atoms with E-state index in [2.05, 4.69) is 41.0 Å². The van der Waals surface area contributed by atoms with Crippen molar-refractivity contribution in [1.82, 2.24) is 9.55 Å². The number of halogens is 4. The van der Waals surface area contributed by atoms with Gasteiger partial charge < -0.3 is 28.8 Å². The lowest BCUT2D eigenvalue weighted by Crippen LogP contribution is -2.36. The van der Waals surface area contributed by atoms with Crippen molar-refractivity contribution in [3.05, 3.63) is 66.0 Å². The van der Waals surface area contributed by atoms with Gasteiger partial charge in [-0.2, -0.15) is 5.26 Å². The molecule has 1 N–H and O–H groups in total. The molecule has 248 valence electrons. The third-order valence-corrected chi connectivity index (χ3v) is 8.76. The van der Waals surface area contributed by atoms with E-state index in [4.69, 9.17) is 18.9 Å². The van der Waals surface area contributed by atoms with Crippen molar-refractivity contribution < 1.29 is 36.5 Å². The third-order valence-electron chi connectivity index (χ3n) is 7.06. The maximum absolute atomic E-state index is 15.4. The Labute approximate surface area is 270 Å². The van der Waals surface area contributed by atoms with E-state index in [0.29, 0.717) is 40.1 Å². The summed E-state index contributed by atoms with van der Waals surface area (Å²) in [5.74, 6) is -5.39. The van der Waals surface area contributed by atoms with Gasteiger partial charge in [-0.25, -0.2) is 27.5 Å². The number of nitrogens with one attached hydrogen (secondary N) is 1. The second kappa shape index (κ2) is 13.6. The summed E-state index contributed by atoms with van der Waals surface area (Å²) in [7, 11) is -1.34. The van der Waals surface area contributed by atoms with E-state index in [-0.39, 0.29) is 30.3 Å². The summed E-state index contributed by atoms with van der Waals surface area (Å²) in [6.07, 6.45) is 3.11. The monoisotopic (exact) mass is 669 g/mol. The SMILES string of the molecule is CC(C)Oc1ccc(-c2cn(COCC[Si](C)(C)C)c3nccc(Oc4c(F)cc(NC5=NCC(F)(F)CO5)cc4F)c23)cc1C#N. The van der Waals surface area contributed by atoms with Crippen molar-refractivity contribution in [3.63, 3.8) is 0 Å². The van der Waals surface area contributed by atoms with Crippen LogP contribution in [0, 0.1) is 23.0 Å². The highest BCUT2D eigenvalue weighted by Gasteiger charge is 2.34. The minimum absolute atomic E-state index is 0.104. The van der Waals surface area contributed by atoms with Crippen LogP contribution in [-0.4, -0.2) is 55.4 Å². The van der Waals surface area contributed by atoms with E-state index in [9.17, 15) is 14.0 Å². The van der Waals surface area contributed by atoms with Crippen LogP contribution in [-0.2, 0) is 16.2 Å². The zero-order valence-corrected chi connectivity index (χ0v) is 27.7. The predicted octanol–water partition coefficient (Wildman–Crippen LogP) is 8.18. The highest BCUT2D eigenvalue weighted by Crippen LogP contribution is 2.41. The fourth-order valence-electron chi connectivity index (χ4n) is 4.76. The number of anilines is 1. The molecule has 47 heavy (non-hydrogen) atoms. The van der Waals surface area contributed by atoms with Crippen LogP contribution >= 0.6 is 0 Å². The largest absolute Gasteiger partial charge is 0.490 e. The Morgan fingerprint density at radius 1 is 1.11 bits per heavy atom. The molecule has 3 heterocycles. The van der Waals surface area contributed by atoms with Gasteiger partial charge in [0.1, 0.15) is 36.5 Å². The van der Waals surface area contributed by atoms with Gasteiger partial charge in [0.2, 0.25) is 0 Å². The Kier molecular flexibility index (Phi) is 9.78. The van der Waals surface area contributed by atoms with Gasteiger partial charge >= 0.3 is 5.92 Å². The zero-order valence-electron chi connectivity index (χ0n) is 26.7. The van der Waals surface area contributed by atoms with E-state index in [1.807, 2.05) is 13.8 Å². The van der Waals surface area contributed by atoms with E-state index >= 15 is 8.78 Å². The van der Waals surface area contributed by atoms with Gasteiger partial charge in [-0.15, -0.1) is 0 Å². The number of aliphatic imine (C=N–C) groups is 1. The second-order valence-electron chi connectivity index (χ2n) is 12.6. The second-order valence-corrected chi connectivity index (χ2v) is 18.2. The van der Waals surface area contributed by atoms with Crippen LogP contribution in [0.15, 0.2) is 53.8 Å².